The molecule has 0 bridgehead atoms. The molecule has 1 amide bonds. The molecule has 1 aliphatic rings. The molecule has 0 saturated heterocycles. The van der Waals surface area contributed by atoms with Gasteiger partial charge in [0.05, 0.1) is 0 Å². The first kappa shape index (κ1) is 13.7. The van der Waals surface area contributed by atoms with E-state index in [2.05, 4.69) is 29.7 Å². The number of rotatable bonds is 3. The quantitative estimate of drug-likeness (QED) is 0.906. The molecule has 21 heavy (non-hydrogen) atoms. The molecule has 108 valence electrons. The van der Waals surface area contributed by atoms with Crippen LogP contribution in [0.5, 0.6) is 0 Å². The molecule has 0 aliphatic carbocycles. The van der Waals surface area contributed by atoms with Crippen LogP contribution < -0.4 is 10.6 Å². The van der Waals surface area contributed by atoms with Crippen LogP contribution in [-0.2, 0) is 13.0 Å². The van der Waals surface area contributed by atoms with Crippen LogP contribution in [0.3, 0.4) is 0 Å². The van der Waals surface area contributed by atoms with Gasteiger partial charge in [0.2, 0.25) is 0 Å². The molecule has 3 rings (SSSR count). The number of hydrogen-bond acceptors (Lipinski definition) is 2. The van der Waals surface area contributed by atoms with Crippen molar-refractivity contribution < 1.29 is 4.79 Å². The molecular formula is C18H20N2O. The summed E-state index contributed by atoms with van der Waals surface area (Å²) in [5, 5.41) is 6.39. The standard InChI is InChI=1S/C18H20N2O/c1-13-5-2-6-14(11-13)12-20-18(21)16-7-3-9-17-15(16)8-4-10-19-17/h2-3,5-7,9,11,19H,4,8,10,12H2,1H3,(H,20,21). The Balaban J connectivity index is 1.74. The van der Waals surface area contributed by atoms with E-state index in [1.807, 2.05) is 30.3 Å². The summed E-state index contributed by atoms with van der Waals surface area (Å²) in [7, 11) is 0. The maximum Gasteiger partial charge on any atom is 0.251 e. The minimum Gasteiger partial charge on any atom is -0.385 e. The number of carbonyl (C=O) groups excluding carboxylic acids is 1. The number of hydrogen-bond donors (Lipinski definition) is 2. The minimum atomic E-state index is 0.0112. The lowest BCUT2D eigenvalue weighted by Crippen LogP contribution is -2.25. The predicted octanol–water partition coefficient (Wildman–Crippen LogP) is 3.28. The normalized spacial score (nSPS) is 13.2. The van der Waals surface area contributed by atoms with Crippen molar-refractivity contribution in [2.75, 3.05) is 11.9 Å². The third kappa shape index (κ3) is 3.07. The first-order chi connectivity index (χ1) is 10.2. The summed E-state index contributed by atoms with van der Waals surface area (Å²) in [6.45, 7) is 3.61. The average Bonchev–Trinajstić information content (AvgIpc) is 2.52. The fourth-order valence-electron chi connectivity index (χ4n) is 2.82. The third-order valence-corrected chi connectivity index (χ3v) is 3.88. The van der Waals surface area contributed by atoms with E-state index in [4.69, 9.17) is 0 Å². The van der Waals surface area contributed by atoms with Gasteiger partial charge in [-0.1, -0.05) is 35.9 Å². The minimum absolute atomic E-state index is 0.0112. The highest BCUT2D eigenvalue weighted by Gasteiger charge is 2.16. The topological polar surface area (TPSA) is 41.1 Å². The number of amides is 1. The number of carbonyl (C=O) groups is 1. The zero-order valence-corrected chi connectivity index (χ0v) is 12.3. The number of fused-ring (bicyclic) bond motifs is 1. The fourth-order valence-corrected chi connectivity index (χ4v) is 2.82. The molecule has 2 N–H and O–H groups in total. The van der Waals surface area contributed by atoms with Crippen molar-refractivity contribution >= 4 is 11.6 Å². The number of aryl methyl sites for hydroxylation is 1. The van der Waals surface area contributed by atoms with E-state index in [1.54, 1.807) is 0 Å². The third-order valence-electron chi connectivity index (χ3n) is 3.88. The molecule has 3 nitrogen and oxygen atoms in total. The molecule has 2 aromatic rings. The van der Waals surface area contributed by atoms with Gasteiger partial charge >= 0.3 is 0 Å². The van der Waals surface area contributed by atoms with Crippen LogP contribution in [0.25, 0.3) is 0 Å². The second kappa shape index (κ2) is 6.00. The Morgan fingerprint density at radius 3 is 2.95 bits per heavy atom. The first-order valence-electron chi connectivity index (χ1n) is 7.43. The van der Waals surface area contributed by atoms with E-state index >= 15 is 0 Å². The van der Waals surface area contributed by atoms with Crippen LogP contribution in [0.4, 0.5) is 5.69 Å². The lowest BCUT2D eigenvalue weighted by Gasteiger charge is -2.20. The van der Waals surface area contributed by atoms with Crippen LogP contribution in [0.15, 0.2) is 42.5 Å². The molecule has 1 heterocycles. The summed E-state index contributed by atoms with van der Waals surface area (Å²) < 4.78 is 0. The Morgan fingerprint density at radius 2 is 2.10 bits per heavy atom. The number of benzene rings is 2. The fraction of sp³-hybridized carbons (Fsp3) is 0.278. The van der Waals surface area contributed by atoms with Crippen LogP contribution in [0.1, 0.15) is 33.5 Å². The van der Waals surface area contributed by atoms with Crippen molar-refractivity contribution in [3.8, 4) is 0 Å². The first-order valence-corrected chi connectivity index (χ1v) is 7.43. The van der Waals surface area contributed by atoms with E-state index in [9.17, 15) is 4.79 Å². The van der Waals surface area contributed by atoms with Gasteiger partial charge in [-0.05, 0) is 43.0 Å². The van der Waals surface area contributed by atoms with Crippen molar-refractivity contribution in [2.45, 2.75) is 26.3 Å². The van der Waals surface area contributed by atoms with Crippen LogP contribution in [-0.4, -0.2) is 12.5 Å². The van der Waals surface area contributed by atoms with Gasteiger partial charge in [-0.3, -0.25) is 4.79 Å². The van der Waals surface area contributed by atoms with Crippen molar-refractivity contribution in [3.63, 3.8) is 0 Å². The summed E-state index contributed by atoms with van der Waals surface area (Å²) in [5.74, 6) is 0.0112. The summed E-state index contributed by atoms with van der Waals surface area (Å²) >= 11 is 0. The molecular weight excluding hydrogens is 260 g/mol. The van der Waals surface area contributed by atoms with Gasteiger partial charge in [-0.15, -0.1) is 0 Å². The summed E-state index contributed by atoms with van der Waals surface area (Å²) in [6, 6.07) is 14.1. The molecule has 1 aliphatic heterocycles. The number of anilines is 1. The van der Waals surface area contributed by atoms with E-state index in [-0.39, 0.29) is 5.91 Å². The van der Waals surface area contributed by atoms with E-state index in [1.165, 1.54) is 5.56 Å². The Bertz CT molecular complexity index is 664. The predicted molar refractivity (Wildman–Crippen MR) is 85.6 cm³/mol. The van der Waals surface area contributed by atoms with E-state index < -0.39 is 0 Å². The highest BCUT2D eigenvalue weighted by Crippen LogP contribution is 2.25. The Morgan fingerprint density at radius 1 is 1.24 bits per heavy atom. The molecule has 0 radical (unpaired) electrons. The van der Waals surface area contributed by atoms with Crippen molar-refractivity contribution in [2.24, 2.45) is 0 Å². The second-order valence-electron chi connectivity index (χ2n) is 5.53. The lowest BCUT2D eigenvalue weighted by molar-refractivity contribution is 0.0950. The zero-order valence-electron chi connectivity index (χ0n) is 12.3. The summed E-state index contributed by atoms with van der Waals surface area (Å²) in [6.07, 6.45) is 2.05. The van der Waals surface area contributed by atoms with Crippen molar-refractivity contribution in [1.82, 2.24) is 5.32 Å². The molecule has 0 fully saturated rings. The van der Waals surface area contributed by atoms with E-state index in [0.717, 1.165) is 41.8 Å². The van der Waals surface area contributed by atoms with Gasteiger partial charge in [0, 0.05) is 24.3 Å². The van der Waals surface area contributed by atoms with Crippen molar-refractivity contribution in [1.29, 1.82) is 0 Å². The van der Waals surface area contributed by atoms with Gasteiger partial charge in [0.15, 0.2) is 0 Å². The van der Waals surface area contributed by atoms with Gasteiger partial charge in [0.25, 0.3) is 5.91 Å². The average molecular weight is 280 g/mol. The maximum atomic E-state index is 12.4. The van der Waals surface area contributed by atoms with Crippen molar-refractivity contribution in [3.05, 3.63) is 64.7 Å². The SMILES string of the molecule is Cc1cccc(CNC(=O)c2cccc3c2CCCN3)c1. The Kier molecular flexibility index (Phi) is 3.91. The Hall–Kier alpha value is -2.29. The van der Waals surface area contributed by atoms with Gasteiger partial charge < -0.3 is 10.6 Å². The highest BCUT2D eigenvalue weighted by molar-refractivity contribution is 5.97. The molecule has 0 spiro atoms. The summed E-state index contributed by atoms with van der Waals surface area (Å²) in [5.41, 5.74) is 5.39. The van der Waals surface area contributed by atoms with Gasteiger partial charge in [-0.25, -0.2) is 0 Å². The van der Waals surface area contributed by atoms with Crippen LogP contribution in [0.2, 0.25) is 0 Å². The van der Waals surface area contributed by atoms with Crippen LogP contribution >= 0.6 is 0 Å². The molecule has 2 aromatic carbocycles. The Labute approximate surface area is 125 Å². The largest absolute Gasteiger partial charge is 0.385 e. The molecule has 0 aromatic heterocycles. The van der Waals surface area contributed by atoms with Crippen LogP contribution in [0, 0.1) is 6.92 Å². The second-order valence-corrected chi connectivity index (χ2v) is 5.53. The monoisotopic (exact) mass is 280 g/mol. The van der Waals surface area contributed by atoms with E-state index in [0.29, 0.717) is 6.54 Å². The summed E-state index contributed by atoms with van der Waals surface area (Å²) in [4.78, 5) is 12.4. The smallest absolute Gasteiger partial charge is 0.251 e. The van der Waals surface area contributed by atoms with Gasteiger partial charge in [0.1, 0.15) is 0 Å². The highest BCUT2D eigenvalue weighted by atomic mass is 16.1. The molecule has 0 unspecified atom stereocenters. The molecule has 3 heteroatoms. The molecule has 0 saturated carbocycles. The number of nitrogens with one attached hydrogen (secondary N) is 2. The lowest BCUT2D eigenvalue weighted by atomic mass is 9.97. The zero-order chi connectivity index (χ0) is 14.7. The molecule has 0 atom stereocenters. The maximum absolute atomic E-state index is 12.4. The van der Waals surface area contributed by atoms with Gasteiger partial charge in [-0.2, -0.15) is 0 Å².